The van der Waals surface area contributed by atoms with Gasteiger partial charge in [-0.15, -0.1) is 29.8 Å². The molecule has 0 amide bonds. The van der Waals surface area contributed by atoms with Gasteiger partial charge in [0.25, 0.3) is 0 Å². The Labute approximate surface area is 290 Å². The number of aromatic hydroxyl groups is 1. The van der Waals surface area contributed by atoms with Crippen LogP contribution in [-0.2, 0) is 21.1 Å². The van der Waals surface area contributed by atoms with Gasteiger partial charge in [-0.3, -0.25) is 4.98 Å². The fourth-order valence-electron chi connectivity index (χ4n) is 5.98. The molecule has 2 aromatic heterocycles. The quantitative estimate of drug-likeness (QED) is 0.163. The average Bonchev–Trinajstić information content (AvgIpc) is 3.11. The predicted octanol–water partition coefficient (Wildman–Crippen LogP) is 10.7. The minimum atomic E-state index is 0. The van der Waals surface area contributed by atoms with Gasteiger partial charge in [-0.05, 0) is 101 Å². The Hall–Kier alpha value is -5.31. The van der Waals surface area contributed by atoms with E-state index in [2.05, 4.69) is 85.5 Å². The Morgan fingerprint density at radius 2 is 1.17 bits per heavy atom. The summed E-state index contributed by atoms with van der Waals surface area (Å²) >= 11 is 0. The summed E-state index contributed by atoms with van der Waals surface area (Å²) in [5.41, 5.74) is 11.6. The van der Waals surface area contributed by atoms with E-state index in [-0.39, 0.29) is 26.8 Å². The number of phenols is 1. The molecule has 0 aliphatic heterocycles. The van der Waals surface area contributed by atoms with Crippen LogP contribution in [0.4, 0.5) is 17.2 Å². The molecule has 7 aromatic rings. The number of phenolic OH excluding ortho intramolecular Hbond substituents is 1. The van der Waals surface area contributed by atoms with Crippen molar-refractivity contribution < 1.29 is 26.2 Å². The van der Waals surface area contributed by atoms with Crippen molar-refractivity contribution in [1.29, 1.82) is 0 Å². The first-order chi connectivity index (χ1) is 22.5. The number of pyridine rings is 2. The summed E-state index contributed by atoms with van der Waals surface area (Å²) in [6.45, 7) is 4.30. The molecule has 0 saturated heterocycles. The number of aromatic nitrogens is 2. The molecule has 0 fully saturated rings. The van der Waals surface area contributed by atoms with E-state index in [1.807, 2.05) is 85.1 Å². The molecular weight excluding hydrogens is 758 g/mol. The van der Waals surface area contributed by atoms with Crippen molar-refractivity contribution in [1.82, 2.24) is 9.97 Å². The fourth-order valence-corrected chi connectivity index (χ4v) is 5.98. The summed E-state index contributed by atoms with van der Waals surface area (Å²) in [5, 5.41) is 10.7. The van der Waals surface area contributed by atoms with Gasteiger partial charge in [-0.2, -0.15) is 0 Å². The van der Waals surface area contributed by atoms with Crippen LogP contribution >= 0.6 is 0 Å². The fraction of sp³-hybridized carbons (Fsp3) is 0.0476. The Morgan fingerprint density at radius 1 is 0.574 bits per heavy atom. The second kappa shape index (κ2) is 14.0. The molecule has 4 nitrogen and oxygen atoms in total. The van der Waals surface area contributed by atoms with Gasteiger partial charge in [0.05, 0.1) is 11.4 Å². The first kappa shape index (κ1) is 31.7. The first-order valence-electron chi connectivity index (χ1n) is 15.3. The second-order valence-electron chi connectivity index (χ2n) is 11.3. The summed E-state index contributed by atoms with van der Waals surface area (Å²) in [7, 11) is 0. The molecule has 47 heavy (non-hydrogen) atoms. The second-order valence-corrected chi connectivity index (χ2v) is 11.3. The smallest absolute Gasteiger partial charge is 0.136 e. The van der Waals surface area contributed by atoms with Gasteiger partial charge in [0.1, 0.15) is 11.6 Å². The monoisotopic (exact) mass is 789 g/mol. The van der Waals surface area contributed by atoms with Crippen LogP contribution in [0.2, 0.25) is 0 Å². The third-order valence-electron chi connectivity index (χ3n) is 8.11. The standard InChI is InChI=1S/C42H32N3O.Pt/c1-29-24-34(31-14-5-3-6-15-31)25-30(2)42(29)45(41-22-11-12-23-43-41)36-19-13-18-33(26-36)38-27-35(32-16-7-4-8-17-32)28-39(44-38)37-20-9-10-21-40(37)46;/h3-25,27-28,46H,1-2H3;/q-1;. The number of rotatable bonds is 7. The molecule has 0 bridgehead atoms. The SMILES string of the molecule is Cc1cc(-c2ccccc2)cc(C)c1N(c1[c-]c(-c2cc(-c3ccccc3)cc(-c3ccccc3O)n2)ccc1)c1ccccn1.[Pt]. The molecule has 5 aromatic carbocycles. The van der Waals surface area contributed by atoms with Gasteiger partial charge in [0.2, 0.25) is 0 Å². The van der Waals surface area contributed by atoms with Gasteiger partial charge >= 0.3 is 0 Å². The van der Waals surface area contributed by atoms with E-state index < -0.39 is 0 Å². The first-order valence-corrected chi connectivity index (χ1v) is 15.3. The third kappa shape index (κ3) is 6.65. The molecule has 232 valence electrons. The molecule has 0 radical (unpaired) electrons. The topological polar surface area (TPSA) is 49.2 Å². The van der Waals surface area contributed by atoms with Crippen molar-refractivity contribution in [2.24, 2.45) is 0 Å². The summed E-state index contributed by atoms with van der Waals surface area (Å²) < 4.78 is 0. The van der Waals surface area contributed by atoms with Gasteiger partial charge in [-0.25, -0.2) is 4.98 Å². The van der Waals surface area contributed by atoms with Gasteiger partial charge in [0.15, 0.2) is 0 Å². The van der Waals surface area contributed by atoms with E-state index >= 15 is 0 Å². The molecule has 5 heteroatoms. The molecule has 0 aliphatic rings. The van der Waals surface area contributed by atoms with Crippen molar-refractivity contribution in [3.05, 3.63) is 169 Å². The van der Waals surface area contributed by atoms with Crippen molar-refractivity contribution in [2.45, 2.75) is 13.8 Å². The van der Waals surface area contributed by atoms with Crippen LogP contribution in [0.15, 0.2) is 152 Å². The number of anilines is 3. The summed E-state index contributed by atoms with van der Waals surface area (Å²) in [4.78, 5) is 12.0. The van der Waals surface area contributed by atoms with Crippen LogP contribution in [0.3, 0.4) is 0 Å². The van der Waals surface area contributed by atoms with Crippen LogP contribution < -0.4 is 4.90 Å². The van der Waals surface area contributed by atoms with E-state index in [9.17, 15) is 5.11 Å². The number of nitrogens with zero attached hydrogens (tertiary/aromatic N) is 3. The van der Waals surface area contributed by atoms with E-state index in [0.29, 0.717) is 11.3 Å². The summed E-state index contributed by atoms with van der Waals surface area (Å²) in [6.07, 6.45) is 1.82. The van der Waals surface area contributed by atoms with Crippen LogP contribution in [-0.4, -0.2) is 15.1 Å². The molecule has 0 saturated carbocycles. The van der Waals surface area contributed by atoms with E-state index in [4.69, 9.17) is 9.97 Å². The molecule has 7 rings (SSSR count). The van der Waals surface area contributed by atoms with Crippen LogP contribution in [0, 0.1) is 19.9 Å². The summed E-state index contributed by atoms with van der Waals surface area (Å²) in [5.74, 6) is 0.991. The minimum absolute atomic E-state index is 0. The van der Waals surface area contributed by atoms with E-state index in [1.54, 1.807) is 6.07 Å². The molecule has 0 aliphatic carbocycles. The summed E-state index contributed by atoms with van der Waals surface area (Å²) in [6, 6.07) is 52.4. The molecule has 1 N–H and O–H groups in total. The van der Waals surface area contributed by atoms with Crippen molar-refractivity contribution >= 4 is 17.2 Å². The molecule has 0 spiro atoms. The van der Waals surface area contributed by atoms with Gasteiger partial charge in [-0.1, -0.05) is 84.9 Å². The van der Waals surface area contributed by atoms with Crippen molar-refractivity contribution in [2.75, 3.05) is 4.90 Å². The van der Waals surface area contributed by atoms with Crippen molar-refractivity contribution in [3.8, 4) is 50.5 Å². The minimum Gasteiger partial charge on any atom is -0.507 e. The average molecular weight is 790 g/mol. The number of para-hydroxylation sites is 1. The Balaban J connectivity index is 0.00000386. The maximum atomic E-state index is 10.7. The Kier molecular flexibility index (Phi) is 9.42. The Bertz CT molecular complexity index is 2110. The van der Waals surface area contributed by atoms with Gasteiger partial charge in [0, 0.05) is 32.8 Å². The van der Waals surface area contributed by atoms with E-state index in [1.165, 1.54) is 11.1 Å². The Morgan fingerprint density at radius 3 is 1.81 bits per heavy atom. The molecule has 0 unspecified atom stereocenters. The van der Waals surface area contributed by atoms with Gasteiger partial charge < -0.3 is 10.0 Å². The van der Waals surface area contributed by atoms with Crippen LogP contribution in [0.25, 0.3) is 44.8 Å². The zero-order valence-corrected chi connectivity index (χ0v) is 28.3. The molecule has 2 heterocycles. The number of benzene rings is 5. The maximum absolute atomic E-state index is 10.7. The van der Waals surface area contributed by atoms with Crippen LogP contribution in [0.1, 0.15) is 11.1 Å². The largest absolute Gasteiger partial charge is 0.507 e. The predicted molar refractivity (Wildman–Crippen MR) is 188 cm³/mol. The number of aryl methyl sites for hydroxylation is 2. The zero-order chi connectivity index (χ0) is 31.5. The molecular formula is C42H32N3OPt-. The maximum Gasteiger partial charge on any atom is 0.136 e. The van der Waals surface area contributed by atoms with Crippen molar-refractivity contribution in [3.63, 3.8) is 0 Å². The van der Waals surface area contributed by atoms with E-state index in [0.717, 1.165) is 50.7 Å². The normalized spacial score (nSPS) is 10.7. The molecule has 0 atom stereocenters. The van der Waals surface area contributed by atoms with Crippen LogP contribution in [0.5, 0.6) is 5.75 Å². The number of hydrogen-bond acceptors (Lipinski definition) is 4. The zero-order valence-electron chi connectivity index (χ0n) is 26.0. The third-order valence-corrected chi connectivity index (χ3v) is 8.11. The number of hydrogen-bond donors (Lipinski definition) is 1.